The number of benzene rings is 3. The Balaban J connectivity index is 2.34. The highest BCUT2D eigenvalue weighted by atomic mass is 16.5. The van der Waals surface area contributed by atoms with Crippen LogP contribution in [-0.4, -0.2) is 20.1 Å². The average molecular weight is 331 g/mol. The Morgan fingerprint density at radius 2 is 1.36 bits per heavy atom. The Morgan fingerprint density at radius 1 is 0.840 bits per heavy atom. The van der Waals surface area contributed by atoms with Crippen molar-refractivity contribution in [2.45, 2.75) is 5.41 Å². The summed E-state index contributed by atoms with van der Waals surface area (Å²) in [5.74, 6) is 0.794. The smallest absolute Gasteiger partial charge is 0.207 e. The van der Waals surface area contributed by atoms with Crippen molar-refractivity contribution in [3.63, 3.8) is 0 Å². The first-order chi connectivity index (χ1) is 12.3. The fourth-order valence-electron chi connectivity index (χ4n) is 3.41. The summed E-state index contributed by atoms with van der Waals surface area (Å²) < 4.78 is 5.66. The summed E-state index contributed by atoms with van der Waals surface area (Å²) >= 11 is 0. The van der Waals surface area contributed by atoms with Crippen molar-refractivity contribution in [1.82, 2.24) is 5.32 Å². The Hall–Kier alpha value is -3.07. The van der Waals surface area contributed by atoms with Crippen LogP contribution in [0.25, 0.3) is 0 Å². The molecule has 0 unspecified atom stereocenters. The molecule has 0 aromatic heterocycles. The molecule has 0 bridgehead atoms. The van der Waals surface area contributed by atoms with Crippen LogP contribution in [0.4, 0.5) is 0 Å². The van der Waals surface area contributed by atoms with Crippen LogP contribution < -0.4 is 10.1 Å². The van der Waals surface area contributed by atoms with Gasteiger partial charge in [-0.2, -0.15) is 0 Å². The zero-order valence-electron chi connectivity index (χ0n) is 14.2. The molecule has 0 radical (unpaired) electrons. The summed E-state index contributed by atoms with van der Waals surface area (Å²) in [6, 6.07) is 28.4. The van der Waals surface area contributed by atoms with Crippen molar-refractivity contribution >= 4 is 6.41 Å². The molecule has 3 heteroatoms. The van der Waals surface area contributed by atoms with Gasteiger partial charge >= 0.3 is 0 Å². The van der Waals surface area contributed by atoms with E-state index in [9.17, 15) is 4.79 Å². The number of hydrogen-bond acceptors (Lipinski definition) is 2. The molecule has 25 heavy (non-hydrogen) atoms. The summed E-state index contributed by atoms with van der Waals surface area (Å²) in [4.78, 5) is 11.2. The van der Waals surface area contributed by atoms with E-state index < -0.39 is 5.41 Å². The maximum atomic E-state index is 11.2. The highest BCUT2D eigenvalue weighted by Gasteiger charge is 2.38. The van der Waals surface area contributed by atoms with E-state index in [2.05, 4.69) is 35.6 Å². The van der Waals surface area contributed by atoms with Crippen LogP contribution >= 0.6 is 0 Å². The van der Waals surface area contributed by atoms with Gasteiger partial charge in [-0.15, -0.1) is 0 Å². The first-order valence-corrected chi connectivity index (χ1v) is 8.24. The highest BCUT2D eigenvalue weighted by Crippen LogP contribution is 2.42. The maximum Gasteiger partial charge on any atom is 0.207 e. The number of ether oxygens (including phenoxy) is 1. The molecule has 0 saturated carbocycles. The lowest BCUT2D eigenvalue weighted by molar-refractivity contribution is -0.109. The van der Waals surface area contributed by atoms with Gasteiger partial charge in [0, 0.05) is 12.1 Å². The average Bonchev–Trinajstić information content (AvgIpc) is 2.70. The van der Waals surface area contributed by atoms with Gasteiger partial charge in [-0.25, -0.2) is 0 Å². The van der Waals surface area contributed by atoms with E-state index in [1.54, 1.807) is 7.11 Å². The summed E-state index contributed by atoms with van der Waals surface area (Å²) in [6.45, 7) is 0.435. The molecule has 0 aliphatic rings. The van der Waals surface area contributed by atoms with Gasteiger partial charge in [0.05, 0.1) is 12.5 Å². The second-order valence-electron chi connectivity index (χ2n) is 5.84. The number of para-hydroxylation sites is 1. The van der Waals surface area contributed by atoms with Gasteiger partial charge < -0.3 is 10.1 Å². The standard InChI is InChI=1S/C22H21NO2/c1-25-21-15-9-8-14-20(21)22(16-23-17-24,18-10-4-2-5-11-18)19-12-6-3-7-13-19/h2-15,17H,16H2,1H3,(H,23,24). The molecule has 3 rings (SSSR count). The van der Waals surface area contributed by atoms with Crippen LogP contribution in [0.5, 0.6) is 5.75 Å². The highest BCUT2D eigenvalue weighted by molar-refractivity contribution is 5.57. The van der Waals surface area contributed by atoms with Crippen molar-refractivity contribution in [2.75, 3.05) is 13.7 Å². The van der Waals surface area contributed by atoms with E-state index in [1.165, 1.54) is 0 Å². The molecular weight excluding hydrogens is 310 g/mol. The van der Waals surface area contributed by atoms with Gasteiger partial charge in [0.25, 0.3) is 0 Å². The van der Waals surface area contributed by atoms with Crippen molar-refractivity contribution in [3.8, 4) is 5.75 Å². The van der Waals surface area contributed by atoms with E-state index in [1.807, 2.05) is 54.6 Å². The Labute approximate surface area is 148 Å². The molecule has 3 nitrogen and oxygen atoms in total. The lowest BCUT2D eigenvalue weighted by atomic mass is 9.69. The minimum atomic E-state index is -0.546. The van der Waals surface area contributed by atoms with Crippen molar-refractivity contribution in [2.24, 2.45) is 0 Å². The largest absolute Gasteiger partial charge is 0.496 e. The molecule has 3 aromatic rings. The lowest BCUT2D eigenvalue weighted by Gasteiger charge is -2.36. The predicted molar refractivity (Wildman–Crippen MR) is 99.8 cm³/mol. The number of carbonyl (C=O) groups is 1. The van der Waals surface area contributed by atoms with Gasteiger partial charge in [0.15, 0.2) is 0 Å². The fraction of sp³-hybridized carbons (Fsp3) is 0.136. The quantitative estimate of drug-likeness (QED) is 0.528. The van der Waals surface area contributed by atoms with Gasteiger partial charge in [-0.1, -0.05) is 78.9 Å². The summed E-state index contributed by atoms with van der Waals surface area (Å²) in [5, 5.41) is 2.90. The van der Waals surface area contributed by atoms with Crippen LogP contribution in [0.1, 0.15) is 16.7 Å². The SMILES string of the molecule is COc1ccccc1C(CNC=O)(c1ccccc1)c1ccccc1. The zero-order chi connectivity index (χ0) is 17.5. The van der Waals surface area contributed by atoms with Crippen molar-refractivity contribution in [3.05, 3.63) is 102 Å². The third-order valence-electron chi connectivity index (χ3n) is 4.55. The summed E-state index contributed by atoms with van der Waals surface area (Å²) in [7, 11) is 1.67. The third-order valence-corrected chi connectivity index (χ3v) is 4.55. The number of methoxy groups -OCH3 is 1. The first kappa shape index (κ1) is 16.8. The molecular formula is C22H21NO2. The molecule has 0 fully saturated rings. The molecule has 0 atom stereocenters. The molecule has 0 heterocycles. The first-order valence-electron chi connectivity index (χ1n) is 8.24. The maximum absolute atomic E-state index is 11.2. The number of nitrogens with one attached hydrogen (secondary N) is 1. The predicted octanol–water partition coefficient (Wildman–Crippen LogP) is 3.78. The van der Waals surface area contributed by atoms with E-state index in [0.29, 0.717) is 6.54 Å². The Morgan fingerprint density at radius 3 is 1.88 bits per heavy atom. The number of amides is 1. The van der Waals surface area contributed by atoms with Crippen LogP contribution in [-0.2, 0) is 10.2 Å². The topological polar surface area (TPSA) is 38.3 Å². The Kier molecular flexibility index (Phi) is 5.14. The molecule has 0 aliphatic carbocycles. The van der Waals surface area contributed by atoms with Crippen LogP contribution in [0.2, 0.25) is 0 Å². The van der Waals surface area contributed by atoms with E-state index in [4.69, 9.17) is 4.74 Å². The van der Waals surface area contributed by atoms with E-state index >= 15 is 0 Å². The number of carbonyl (C=O) groups excluding carboxylic acids is 1. The second kappa shape index (κ2) is 7.67. The van der Waals surface area contributed by atoms with Gasteiger partial charge in [0.1, 0.15) is 5.75 Å². The van der Waals surface area contributed by atoms with Crippen LogP contribution in [0, 0.1) is 0 Å². The Bertz CT molecular complexity index is 776. The number of rotatable bonds is 7. The summed E-state index contributed by atoms with van der Waals surface area (Å²) in [5.41, 5.74) is 2.67. The van der Waals surface area contributed by atoms with Gasteiger partial charge in [0.2, 0.25) is 6.41 Å². The van der Waals surface area contributed by atoms with Gasteiger partial charge in [-0.3, -0.25) is 4.79 Å². The van der Waals surface area contributed by atoms with Crippen LogP contribution in [0.3, 0.4) is 0 Å². The summed E-state index contributed by atoms with van der Waals surface area (Å²) in [6.07, 6.45) is 0.746. The van der Waals surface area contributed by atoms with Crippen LogP contribution in [0.15, 0.2) is 84.9 Å². The molecule has 1 N–H and O–H groups in total. The monoisotopic (exact) mass is 331 g/mol. The molecule has 0 spiro atoms. The molecule has 3 aromatic carbocycles. The molecule has 0 saturated heterocycles. The third kappa shape index (κ3) is 3.13. The molecule has 0 aliphatic heterocycles. The van der Waals surface area contributed by atoms with E-state index in [0.717, 1.165) is 28.8 Å². The number of hydrogen-bond donors (Lipinski definition) is 1. The second-order valence-corrected chi connectivity index (χ2v) is 5.84. The van der Waals surface area contributed by atoms with Gasteiger partial charge in [-0.05, 0) is 17.2 Å². The molecule has 1 amide bonds. The fourth-order valence-corrected chi connectivity index (χ4v) is 3.41. The van der Waals surface area contributed by atoms with Crippen molar-refractivity contribution < 1.29 is 9.53 Å². The normalized spacial score (nSPS) is 10.9. The minimum absolute atomic E-state index is 0.435. The minimum Gasteiger partial charge on any atom is -0.496 e. The molecule has 126 valence electrons. The lowest BCUT2D eigenvalue weighted by Crippen LogP contribution is -2.40. The zero-order valence-corrected chi connectivity index (χ0v) is 14.2. The van der Waals surface area contributed by atoms with Crippen molar-refractivity contribution in [1.29, 1.82) is 0 Å². The van der Waals surface area contributed by atoms with E-state index in [-0.39, 0.29) is 0 Å².